The van der Waals surface area contributed by atoms with Crippen molar-refractivity contribution in [2.75, 3.05) is 0 Å². The van der Waals surface area contributed by atoms with Crippen LogP contribution in [0, 0.1) is 0 Å². The summed E-state index contributed by atoms with van der Waals surface area (Å²) < 4.78 is 109. The molecule has 0 aliphatic heterocycles. The maximum absolute atomic E-state index is 9.99. The van der Waals surface area contributed by atoms with Crippen LogP contribution in [0.25, 0.3) is 88.3 Å². The van der Waals surface area contributed by atoms with Gasteiger partial charge in [0.1, 0.15) is 11.3 Å². The fraction of sp³-hybridized carbons (Fsp3) is 0. The molecule has 0 aliphatic carbocycles. The predicted octanol–water partition coefficient (Wildman–Crippen LogP) is 13.1. The number of benzene rings is 8. The van der Waals surface area contributed by atoms with Gasteiger partial charge < -0.3 is 4.42 Å². The Bertz CT molecular complexity index is 3080. The first-order valence-electron chi connectivity index (χ1n) is 20.7. The SMILES string of the molecule is [2H]c1c(-c2c3c([2H])c([2H])c([2H])c([2H])c3c(-c3ccccc3-c3ccccc3)c3c([2H])c([2H])c([2H])c([2H])c23)c([2H])c2c(-c3ccccc3)c(-c3ccccc3)oc2c1[2H]. The van der Waals surface area contributed by atoms with E-state index in [0.717, 1.165) is 5.56 Å². The molecule has 1 heterocycles. The van der Waals surface area contributed by atoms with Gasteiger partial charge in [0.2, 0.25) is 0 Å². The summed E-state index contributed by atoms with van der Waals surface area (Å²) in [6.45, 7) is 0. The highest BCUT2D eigenvalue weighted by Crippen LogP contribution is 2.48. The highest BCUT2D eigenvalue weighted by molar-refractivity contribution is 6.23. The summed E-state index contributed by atoms with van der Waals surface area (Å²) in [5.74, 6) is 0.353. The summed E-state index contributed by atoms with van der Waals surface area (Å²) in [5, 5.41) is -0.214. The number of furan rings is 1. The van der Waals surface area contributed by atoms with Crippen molar-refractivity contribution in [2.24, 2.45) is 0 Å². The fourth-order valence-electron chi connectivity index (χ4n) is 6.43. The third-order valence-corrected chi connectivity index (χ3v) is 8.46. The Morgan fingerprint density at radius 1 is 0.362 bits per heavy atom. The van der Waals surface area contributed by atoms with Crippen molar-refractivity contribution in [1.82, 2.24) is 0 Å². The second-order valence-corrected chi connectivity index (χ2v) is 11.2. The monoisotopic (exact) mass is 609 g/mol. The lowest BCUT2D eigenvalue weighted by atomic mass is 9.83. The van der Waals surface area contributed by atoms with Gasteiger partial charge in [-0.3, -0.25) is 0 Å². The molecule has 0 bridgehead atoms. The molecule has 0 spiro atoms. The van der Waals surface area contributed by atoms with E-state index in [4.69, 9.17) is 9.90 Å². The van der Waals surface area contributed by atoms with Crippen molar-refractivity contribution in [2.45, 2.75) is 0 Å². The lowest BCUT2D eigenvalue weighted by Gasteiger charge is -2.19. The van der Waals surface area contributed by atoms with E-state index >= 15 is 0 Å². The Balaban J connectivity index is 1.57. The molecule has 220 valence electrons. The van der Waals surface area contributed by atoms with Crippen molar-refractivity contribution in [1.29, 1.82) is 0 Å². The highest BCUT2D eigenvalue weighted by atomic mass is 16.3. The Morgan fingerprint density at radius 2 is 0.851 bits per heavy atom. The molecule has 0 aliphatic rings. The van der Waals surface area contributed by atoms with Gasteiger partial charge in [-0.05, 0) is 72.6 Å². The van der Waals surface area contributed by atoms with Crippen molar-refractivity contribution in [3.63, 3.8) is 0 Å². The molecule has 0 saturated carbocycles. The van der Waals surface area contributed by atoms with Gasteiger partial charge in [0.05, 0.1) is 15.1 Å². The average molecular weight is 610 g/mol. The second kappa shape index (κ2) is 11.3. The first-order chi connectivity index (χ1) is 27.9. The van der Waals surface area contributed by atoms with E-state index in [2.05, 4.69) is 0 Å². The van der Waals surface area contributed by atoms with Gasteiger partial charge in [0.25, 0.3) is 0 Å². The molecule has 9 aromatic rings. The summed E-state index contributed by atoms with van der Waals surface area (Å²) in [6.07, 6.45) is 0. The van der Waals surface area contributed by atoms with Crippen LogP contribution in [0.15, 0.2) is 186 Å². The summed E-state index contributed by atoms with van der Waals surface area (Å²) in [4.78, 5) is 0. The van der Waals surface area contributed by atoms with Crippen LogP contribution in [0.1, 0.15) is 15.1 Å². The topological polar surface area (TPSA) is 13.1 Å². The normalized spacial score (nSPS) is 14.7. The lowest BCUT2D eigenvalue weighted by Crippen LogP contribution is -1.92. The first kappa shape index (κ1) is 18.1. The minimum Gasteiger partial charge on any atom is -0.455 e. The molecule has 47 heavy (non-hydrogen) atoms. The molecule has 8 aromatic carbocycles. The van der Waals surface area contributed by atoms with Crippen LogP contribution in [0.3, 0.4) is 0 Å². The van der Waals surface area contributed by atoms with E-state index in [9.17, 15) is 9.60 Å². The maximum Gasteiger partial charge on any atom is 0.143 e. The summed E-state index contributed by atoms with van der Waals surface area (Å²) in [7, 11) is 0. The minimum atomic E-state index is -0.605. The number of hydrogen-bond acceptors (Lipinski definition) is 1. The molecule has 0 atom stereocenters. The molecule has 0 radical (unpaired) electrons. The summed E-state index contributed by atoms with van der Waals surface area (Å²) in [5.41, 5.74) is 3.35. The van der Waals surface area contributed by atoms with Crippen molar-refractivity contribution < 1.29 is 19.5 Å². The average Bonchev–Trinajstić information content (AvgIpc) is 3.67. The van der Waals surface area contributed by atoms with Gasteiger partial charge in [-0.2, -0.15) is 0 Å². The largest absolute Gasteiger partial charge is 0.455 e. The van der Waals surface area contributed by atoms with Crippen molar-refractivity contribution in [3.8, 4) is 55.8 Å². The minimum absolute atomic E-state index is 0.0396. The van der Waals surface area contributed by atoms with E-state index in [1.54, 1.807) is 12.1 Å². The molecule has 0 amide bonds. The Labute approximate surface area is 289 Å². The Kier molecular flexibility index (Phi) is 4.36. The molecule has 1 nitrogen and oxygen atoms in total. The van der Waals surface area contributed by atoms with E-state index in [0.29, 0.717) is 33.6 Å². The predicted molar refractivity (Wildman–Crippen MR) is 198 cm³/mol. The molecule has 1 aromatic heterocycles. The van der Waals surface area contributed by atoms with E-state index < -0.39 is 60.4 Å². The van der Waals surface area contributed by atoms with Gasteiger partial charge >= 0.3 is 0 Å². The zero-order chi connectivity index (χ0) is 40.7. The standard InChI is InChI=1S/C46H30O/c1-4-16-31(17-5-1)35-22-10-11-23-36(35)45-39-26-14-12-24-37(39)43(38-25-13-15-27-40(38)45)34-28-29-42-41(30-34)44(32-18-6-2-7-19-32)46(47-42)33-20-8-3-9-21-33/h1-30H/i12D,13D,14D,15D,24D,25D,26D,27D,28D,29D,30D. The van der Waals surface area contributed by atoms with Crippen LogP contribution < -0.4 is 0 Å². The van der Waals surface area contributed by atoms with Gasteiger partial charge in [0.15, 0.2) is 0 Å². The van der Waals surface area contributed by atoms with E-state index in [1.807, 2.05) is 103 Å². The van der Waals surface area contributed by atoms with Crippen LogP contribution in [-0.2, 0) is 0 Å². The quantitative estimate of drug-likeness (QED) is 0.177. The smallest absolute Gasteiger partial charge is 0.143 e. The zero-order valence-corrected chi connectivity index (χ0v) is 24.9. The number of rotatable bonds is 5. The van der Waals surface area contributed by atoms with Crippen molar-refractivity contribution >= 4 is 32.5 Å². The molecular formula is C46H30O. The van der Waals surface area contributed by atoms with Crippen LogP contribution >= 0.6 is 0 Å². The van der Waals surface area contributed by atoms with Crippen molar-refractivity contribution in [3.05, 3.63) is 182 Å². The zero-order valence-electron chi connectivity index (χ0n) is 35.9. The van der Waals surface area contributed by atoms with E-state index in [1.165, 1.54) is 0 Å². The molecule has 0 fully saturated rings. The Morgan fingerprint density at radius 3 is 1.45 bits per heavy atom. The fourth-order valence-corrected chi connectivity index (χ4v) is 6.43. The molecule has 1 heteroatoms. The third-order valence-electron chi connectivity index (χ3n) is 8.46. The third kappa shape index (κ3) is 4.56. The van der Waals surface area contributed by atoms with Crippen LogP contribution in [0.5, 0.6) is 0 Å². The molecule has 0 unspecified atom stereocenters. The molecule has 0 N–H and O–H groups in total. The van der Waals surface area contributed by atoms with Crippen LogP contribution in [-0.4, -0.2) is 0 Å². The summed E-state index contributed by atoms with van der Waals surface area (Å²) >= 11 is 0. The number of hydrogen-bond donors (Lipinski definition) is 0. The van der Waals surface area contributed by atoms with E-state index in [-0.39, 0.29) is 55.2 Å². The van der Waals surface area contributed by atoms with Gasteiger partial charge in [-0.15, -0.1) is 0 Å². The lowest BCUT2D eigenvalue weighted by molar-refractivity contribution is 0.632. The molecular weight excluding hydrogens is 569 g/mol. The highest BCUT2D eigenvalue weighted by Gasteiger charge is 2.22. The van der Waals surface area contributed by atoms with Crippen LogP contribution in [0.4, 0.5) is 0 Å². The number of fused-ring (bicyclic) bond motifs is 3. The maximum atomic E-state index is 9.99. The van der Waals surface area contributed by atoms with Gasteiger partial charge in [-0.1, -0.05) is 170 Å². The molecule has 0 saturated heterocycles. The Hall–Kier alpha value is -6.18. The van der Waals surface area contributed by atoms with Crippen LogP contribution in [0.2, 0.25) is 0 Å². The first-order valence-corrected chi connectivity index (χ1v) is 15.2. The van der Waals surface area contributed by atoms with Gasteiger partial charge in [-0.25, -0.2) is 0 Å². The second-order valence-electron chi connectivity index (χ2n) is 11.2. The summed E-state index contributed by atoms with van der Waals surface area (Å²) in [6, 6.07) is 29.3. The van der Waals surface area contributed by atoms with Gasteiger partial charge in [0, 0.05) is 16.5 Å². The molecule has 9 rings (SSSR count).